The van der Waals surface area contributed by atoms with Crippen LogP contribution in [0.25, 0.3) is 0 Å². The first kappa shape index (κ1) is 12.0. The van der Waals surface area contributed by atoms with Crippen LogP contribution in [-0.2, 0) is 9.59 Å². The van der Waals surface area contributed by atoms with E-state index >= 15 is 0 Å². The van der Waals surface area contributed by atoms with Gasteiger partial charge in [-0.15, -0.1) is 0 Å². The van der Waals surface area contributed by atoms with Gasteiger partial charge in [-0.25, -0.2) is 0 Å². The zero-order valence-electron chi connectivity index (χ0n) is 9.91. The van der Waals surface area contributed by atoms with Gasteiger partial charge in [0.25, 0.3) is 0 Å². The van der Waals surface area contributed by atoms with Crippen LogP contribution in [0.1, 0.15) is 34.1 Å². The average Bonchev–Trinajstić information content (AvgIpc) is 2.19. The Bertz CT molecular complexity index is 263. The third-order valence-corrected chi connectivity index (χ3v) is 2.97. The van der Waals surface area contributed by atoms with Crippen LogP contribution in [0, 0.1) is 5.92 Å². The molecule has 15 heavy (non-hydrogen) atoms. The second-order valence-electron chi connectivity index (χ2n) is 4.51. The second-order valence-corrected chi connectivity index (χ2v) is 4.51. The molecule has 1 aliphatic rings. The first-order valence-electron chi connectivity index (χ1n) is 5.57. The molecule has 1 heterocycles. The Kier molecular flexibility index (Phi) is 3.72. The second kappa shape index (κ2) is 4.64. The Morgan fingerprint density at radius 2 is 2.00 bits per heavy atom. The van der Waals surface area contributed by atoms with E-state index in [-0.39, 0.29) is 36.4 Å². The van der Waals surface area contributed by atoms with Crippen LogP contribution in [0.3, 0.4) is 0 Å². The van der Waals surface area contributed by atoms with Gasteiger partial charge in [-0.05, 0) is 19.3 Å². The number of hydrogen-bond donors (Lipinski definition) is 1. The highest BCUT2D eigenvalue weighted by Gasteiger charge is 2.35. The summed E-state index contributed by atoms with van der Waals surface area (Å²) in [5.74, 6) is 0.154. The molecule has 0 aromatic heterocycles. The van der Waals surface area contributed by atoms with Crippen molar-refractivity contribution >= 4 is 11.8 Å². The van der Waals surface area contributed by atoms with Crippen molar-refractivity contribution < 1.29 is 9.59 Å². The summed E-state index contributed by atoms with van der Waals surface area (Å²) in [6, 6.07) is -0.204. The van der Waals surface area contributed by atoms with Crippen molar-refractivity contribution in [1.29, 1.82) is 0 Å². The van der Waals surface area contributed by atoms with Crippen molar-refractivity contribution in [2.24, 2.45) is 5.92 Å². The maximum Gasteiger partial charge on any atom is 0.246 e. The Hall–Kier alpha value is -1.06. The molecule has 0 radical (unpaired) electrons. The average molecular weight is 212 g/mol. The number of carbonyl (C=O) groups is 2. The topological polar surface area (TPSA) is 49.4 Å². The van der Waals surface area contributed by atoms with Gasteiger partial charge in [0.2, 0.25) is 11.8 Å². The summed E-state index contributed by atoms with van der Waals surface area (Å²) in [4.78, 5) is 25.2. The van der Waals surface area contributed by atoms with Crippen molar-refractivity contribution in [3.8, 4) is 0 Å². The van der Waals surface area contributed by atoms with E-state index in [0.717, 1.165) is 6.42 Å². The molecule has 0 saturated carbocycles. The maximum atomic E-state index is 12.0. The van der Waals surface area contributed by atoms with Gasteiger partial charge < -0.3 is 10.2 Å². The number of amides is 2. The third-order valence-electron chi connectivity index (χ3n) is 2.97. The lowest BCUT2D eigenvalue weighted by molar-refractivity contribution is -0.147. The molecule has 1 fully saturated rings. The normalized spacial score (nSPS) is 24.3. The molecule has 0 spiro atoms. The molecule has 2 amide bonds. The lowest BCUT2D eigenvalue weighted by Gasteiger charge is -2.37. The highest BCUT2D eigenvalue weighted by molar-refractivity contribution is 5.95. The molecule has 2 unspecified atom stereocenters. The highest BCUT2D eigenvalue weighted by atomic mass is 16.2. The van der Waals surface area contributed by atoms with Gasteiger partial charge in [0, 0.05) is 6.04 Å². The summed E-state index contributed by atoms with van der Waals surface area (Å²) in [6.07, 6.45) is 0.879. The number of carbonyl (C=O) groups excluding carboxylic acids is 2. The lowest BCUT2D eigenvalue weighted by atomic mass is 9.99. The summed E-state index contributed by atoms with van der Waals surface area (Å²) in [5, 5.41) is 2.74. The lowest BCUT2D eigenvalue weighted by Crippen LogP contribution is -2.61. The fraction of sp³-hybridized carbons (Fsp3) is 0.818. The van der Waals surface area contributed by atoms with Gasteiger partial charge in [-0.2, -0.15) is 0 Å². The maximum absolute atomic E-state index is 12.0. The van der Waals surface area contributed by atoms with E-state index < -0.39 is 0 Å². The van der Waals surface area contributed by atoms with Crippen LogP contribution < -0.4 is 5.32 Å². The van der Waals surface area contributed by atoms with E-state index in [1.807, 2.05) is 27.7 Å². The van der Waals surface area contributed by atoms with E-state index in [0.29, 0.717) is 0 Å². The first-order chi connectivity index (χ1) is 6.97. The predicted octanol–water partition coefficient (Wildman–Crippen LogP) is 0.768. The molecule has 0 bridgehead atoms. The van der Waals surface area contributed by atoms with Crippen molar-refractivity contribution in [1.82, 2.24) is 10.2 Å². The Morgan fingerprint density at radius 3 is 2.47 bits per heavy atom. The van der Waals surface area contributed by atoms with Crippen LogP contribution in [0.4, 0.5) is 0 Å². The molecular formula is C11H20N2O2. The van der Waals surface area contributed by atoms with Crippen molar-refractivity contribution in [3.05, 3.63) is 0 Å². The number of nitrogens with zero attached hydrogens (tertiary/aromatic N) is 1. The molecule has 1 N–H and O–H groups in total. The number of nitrogens with one attached hydrogen (secondary N) is 1. The van der Waals surface area contributed by atoms with Gasteiger partial charge >= 0.3 is 0 Å². The van der Waals surface area contributed by atoms with Crippen molar-refractivity contribution in [3.63, 3.8) is 0 Å². The molecule has 4 nitrogen and oxygen atoms in total. The van der Waals surface area contributed by atoms with E-state index in [1.54, 1.807) is 4.90 Å². The molecule has 86 valence electrons. The Labute approximate surface area is 91.0 Å². The molecule has 1 aliphatic heterocycles. The molecule has 0 aromatic carbocycles. The Balaban J connectivity index is 2.81. The molecular weight excluding hydrogens is 192 g/mol. The van der Waals surface area contributed by atoms with E-state index in [2.05, 4.69) is 5.32 Å². The van der Waals surface area contributed by atoms with Crippen LogP contribution >= 0.6 is 0 Å². The molecule has 1 rings (SSSR count). The van der Waals surface area contributed by atoms with E-state index in [9.17, 15) is 9.59 Å². The van der Waals surface area contributed by atoms with Crippen LogP contribution in [0.5, 0.6) is 0 Å². The molecule has 0 aromatic rings. The summed E-state index contributed by atoms with van der Waals surface area (Å²) >= 11 is 0. The van der Waals surface area contributed by atoms with Gasteiger partial charge in [-0.3, -0.25) is 9.59 Å². The fourth-order valence-electron chi connectivity index (χ4n) is 1.74. The van der Waals surface area contributed by atoms with Crippen LogP contribution in [-0.4, -0.2) is 35.3 Å². The van der Waals surface area contributed by atoms with Crippen LogP contribution in [0.15, 0.2) is 0 Å². The number of piperazine rings is 1. The highest BCUT2D eigenvalue weighted by Crippen LogP contribution is 2.14. The first-order valence-corrected chi connectivity index (χ1v) is 5.57. The molecule has 2 atom stereocenters. The smallest absolute Gasteiger partial charge is 0.246 e. The van der Waals surface area contributed by atoms with Gasteiger partial charge in [0.05, 0.1) is 6.54 Å². The zero-order chi connectivity index (χ0) is 11.6. The minimum Gasteiger partial charge on any atom is -0.343 e. The molecule has 0 aliphatic carbocycles. The standard InChI is InChI=1S/C11H20N2O2/c1-5-8(4)13-6-9(14)12-10(7(2)3)11(13)15/h7-8,10H,5-6H2,1-4H3,(H,12,14). The zero-order valence-corrected chi connectivity index (χ0v) is 9.91. The van der Waals surface area contributed by atoms with Crippen LogP contribution in [0.2, 0.25) is 0 Å². The number of hydrogen-bond acceptors (Lipinski definition) is 2. The summed E-state index contributed by atoms with van der Waals surface area (Å²) in [7, 11) is 0. The SMILES string of the molecule is CCC(C)N1CC(=O)NC(C(C)C)C1=O. The van der Waals surface area contributed by atoms with Crippen molar-refractivity contribution in [2.75, 3.05) is 6.54 Å². The van der Waals surface area contributed by atoms with Gasteiger partial charge in [0.1, 0.15) is 6.04 Å². The minimum atomic E-state index is -0.347. The predicted molar refractivity (Wildman–Crippen MR) is 58.2 cm³/mol. The summed E-state index contributed by atoms with van der Waals surface area (Å²) in [5.41, 5.74) is 0. The summed E-state index contributed by atoms with van der Waals surface area (Å²) in [6.45, 7) is 8.10. The number of rotatable bonds is 3. The fourth-order valence-corrected chi connectivity index (χ4v) is 1.74. The van der Waals surface area contributed by atoms with E-state index in [1.165, 1.54) is 0 Å². The third kappa shape index (κ3) is 2.49. The van der Waals surface area contributed by atoms with Gasteiger partial charge in [0.15, 0.2) is 0 Å². The Morgan fingerprint density at radius 1 is 1.40 bits per heavy atom. The quantitative estimate of drug-likeness (QED) is 0.751. The molecule has 4 heteroatoms. The molecule has 1 saturated heterocycles. The minimum absolute atomic E-state index is 0.0476. The van der Waals surface area contributed by atoms with E-state index in [4.69, 9.17) is 0 Å². The van der Waals surface area contributed by atoms with Crippen molar-refractivity contribution in [2.45, 2.75) is 46.2 Å². The summed E-state index contributed by atoms with van der Waals surface area (Å²) < 4.78 is 0. The van der Waals surface area contributed by atoms with Gasteiger partial charge in [-0.1, -0.05) is 20.8 Å². The monoisotopic (exact) mass is 212 g/mol. The largest absolute Gasteiger partial charge is 0.343 e.